The third-order valence-corrected chi connectivity index (χ3v) is 4.23. The molecule has 1 heterocycles. The van der Waals surface area contributed by atoms with Gasteiger partial charge in [-0.3, -0.25) is 9.59 Å². The predicted molar refractivity (Wildman–Crippen MR) is 94.1 cm³/mol. The van der Waals surface area contributed by atoms with E-state index >= 15 is 0 Å². The van der Waals surface area contributed by atoms with Crippen LogP contribution in [-0.4, -0.2) is 27.8 Å². The molecule has 5 nitrogen and oxygen atoms in total. The zero-order valence-electron chi connectivity index (χ0n) is 14.0. The number of aromatic nitrogens is 2. The first-order valence-electron chi connectivity index (χ1n) is 7.77. The maximum atomic E-state index is 12.7. The van der Waals surface area contributed by atoms with Crippen molar-refractivity contribution in [3.8, 4) is 0 Å². The molecule has 0 fully saturated rings. The Balaban J connectivity index is 1.89. The smallest absolute Gasteiger partial charge is 0.258 e. The van der Waals surface area contributed by atoms with Crippen LogP contribution in [0.2, 0.25) is 0 Å². The van der Waals surface area contributed by atoms with Crippen molar-refractivity contribution in [2.75, 3.05) is 7.05 Å². The molecule has 0 spiro atoms. The largest absolute Gasteiger partial charge is 0.334 e. The molecule has 2 aromatic carbocycles. The minimum absolute atomic E-state index is 0.0907. The highest BCUT2D eigenvalue weighted by molar-refractivity contribution is 5.95. The van der Waals surface area contributed by atoms with Gasteiger partial charge in [-0.05, 0) is 43.2 Å². The van der Waals surface area contributed by atoms with Crippen molar-refractivity contribution < 1.29 is 4.79 Å². The number of aryl methyl sites for hydroxylation is 1. The van der Waals surface area contributed by atoms with Crippen molar-refractivity contribution in [2.45, 2.75) is 20.4 Å². The number of benzene rings is 2. The normalized spacial score (nSPS) is 10.8. The highest BCUT2D eigenvalue weighted by Gasteiger charge is 2.16. The van der Waals surface area contributed by atoms with E-state index in [0.717, 1.165) is 11.1 Å². The fraction of sp³-hybridized carbons (Fsp3) is 0.211. The fourth-order valence-corrected chi connectivity index (χ4v) is 2.69. The van der Waals surface area contributed by atoms with Crippen LogP contribution in [0.25, 0.3) is 10.9 Å². The Hall–Kier alpha value is -2.95. The number of H-pyrrole nitrogens is 1. The number of amides is 1. The van der Waals surface area contributed by atoms with Gasteiger partial charge in [-0.25, -0.2) is 4.98 Å². The van der Waals surface area contributed by atoms with Gasteiger partial charge < -0.3 is 9.88 Å². The Kier molecular flexibility index (Phi) is 4.16. The molecule has 1 amide bonds. The quantitative estimate of drug-likeness (QED) is 0.806. The lowest BCUT2D eigenvalue weighted by molar-refractivity contribution is 0.0780. The summed E-state index contributed by atoms with van der Waals surface area (Å²) in [4.78, 5) is 33.6. The standard InChI is InChI=1S/C19H19N3O2/c1-12-7-6-9-14(13(12)2)19(24)22(3)11-17-20-16-10-5-4-8-15(16)18(23)21-17/h4-10H,11H2,1-3H3,(H,20,21,23). The van der Waals surface area contributed by atoms with E-state index in [1.807, 2.05) is 38.1 Å². The Labute approximate surface area is 140 Å². The second-order valence-electron chi connectivity index (χ2n) is 5.94. The van der Waals surface area contributed by atoms with Crippen LogP contribution in [0, 0.1) is 13.8 Å². The third-order valence-electron chi connectivity index (χ3n) is 4.23. The van der Waals surface area contributed by atoms with Crippen LogP contribution in [0.1, 0.15) is 27.3 Å². The second kappa shape index (κ2) is 6.28. The predicted octanol–water partition coefficient (Wildman–Crippen LogP) is 2.81. The van der Waals surface area contributed by atoms with E-state index in [0.29, 0.717) is 22.3 Å². The highest BCUT2D eigenvalue weighted by Crippen LogP contribution is 2.15. The number of aromatic amines is 1. The average Bonchev–Trinajstić information content (AvgIpc) is 2.57. The van der Waals surface area contributed by atoms with Crippen LogP contribution >= 0.6 is 0 Å². The lowest BCUT2D eigenvalue weighted by Crippen LogP contribution is -2.29. The molecule has 0 unspecified atom stereocenters. The Bertz CT molecular complexity index is 976. The van der Waals surface area contributed by atoms with Gasteiger partial charge in [-0.2, -0.15) is 0 Å². The molecule has 0 radical (unpaired) electrons. The number of hydrogen-bond donors (Lipinski definition) is 1. The van der Waals surface area contributed by atoms with Gasteiger partial charge in [-0.15, -0.1) is 0 Å². The summed E-state index contributed by atoms with van der Waals surface area (Å²) in [5, 5.41) is 0.546. The molecule has 0 atom stereocenters. The Morgan fingerprint density at radius 1 is 1.12 bits per heavy atom. The fourth-order valence-electron chi connectivity index (χ4n) is 2.69. The number of fused-ring (bicyclic) bond motifs is 1. The molecule has 1 aromatic heterocycles. The first-order valence-corrected chi connectivity index (χ1v) is 7.77. The maximum Gasteiger partial charge on any atom is 0.258 e. The monoisotopic (exact) mass is 321 g/mol. The Morgan fingerprint density at radius 3 is 2.67 bits per heavy atom. The van der Waals surface area contributed by atoms with Gasteiger partial charge >= 0.3 is 0 Å². The number of carbonyl (C=O) groups excluding carboxylic acids is 1. The topological polar surface area (TPSA) is 66.1 Å². The molecule has 0 saturated carbocycles. The van der Waals surface area contributed by atoms with E-state index in [4.69, 9.17) is 0 Å². The lowest BCUT2D eigenvalue weighted by atomic mass is 10.0. The van der Waals surface area contributed by atoms with Crippen molar-refractivity contribution in [1.29, 1.82) is 0 Å². The van der Waals surface area contributed by atoms with Crippen LogP contribution in [0.3, 0.4) is 0 Å². The Morgan fingerprint density at radius 2 is 1.88 bits per heavy atom. The molecular formula is C19H19N3O2. The highest BCUT2D eigenvalue weighted by atomic mass is 16.2. The molecule has 5 heteroatoms. The summed E-state index contributed by atoms with van der Waals surface area (Å²) in [6.45, 7) is 4.16. The van der Waals surface area contributed by atoms with Crippen LogP contribution in [0.4, 0.5) is 0 Å². The molecule has 3 aromatic rings. The lowest BCUT2D eigenvalue weighted by Gasteiger charge is -2.18. The molecule has 3 rings (SSSR count). The first kappa shape index (κ1) is 15.9. The minimum atomic E-state index is -0.191. The number of nitrogens with zero attached hydrogens (tertiary/aromatic N) is 2. The van der Waals surface area contributed by atoms with Gasteiger partial charge in [0.05, 0.1) is 17.4 Å². The van der Waals surface area contributed by atoms with E-state index in [1.54, 1.807) is 30.1 Å². The SMILES string of the molecule is Cc1cccc(C(=O)N(C)Cc2nc3ccccc3c(=O)[nH]2)c1C. The number of rotatable bonds is 3. The van der Waals surface area contributed by atoms with Crippen molar-refractivity contribution >= 4 is 16.8 Å². The molecule has 0 aliphatic rings. The van der Waals surface area contributed by atoms with Gasteiger partial charge in [0.2, 0.25) is 0 Å². The summed E-state index contributed by atoms with van der Waals surface area (Å²) < 4.78 is 0. The molecule has 0 saturated heterocycles. The van der Waals surface area contributed by atoms with Crippen molar-refractivity contribution in [3.63, 3.8) is 0 Å². The number of hydrogen-bond acceptors (Lipinski definition) is 3. The molecule has 122 valence electrons. The van der Waals surface area contributed by atoms with Crippen LogP contribution in [0.15, 0.2) is 47.3 Å². The molecule has 1 N–H and O–H groups in total. The third kappa shape index (κ3) is 2.93. The first-order chi connectivity index (χ1) is 11.5. The minimum Gasteiger partial charge on any atom is -0.334 e. The number of para-hydroxylation sites is 1. The van der Waals surface area contributed by atoms with Gasteiger partial charge in [0, 0.05) is 12.6 Å². The number of nitrogens with one attached hydrogen (secondary N) is 1. The van der Waals surface area contributed by atoms with E-state index in [2.05, 4.69) is 9.97 Å². The van der Waals surface area contributed by atoms with E-state index in [1.165, 1.54) is 0 Å². The zero-order valence-corrected chi connectivity index (χ0v) is 14.0. The molecule has 0 bridgehead atoms. The van der Waals surface area contributed by atoms with Crippen LogP contribution < -0.4 is 5.56 Å². The van der Waals surface area contributed by atoms with Gasteiger partial charge in [0.15, 0.2) is 0 Å². The van der Waals surface area contributed by atoms with Crippen molar-refractivity contribution in [3.05, 3.63) is 75.3 Å². The zero-order chi connectivity index (χ0) is 17.3. The van der Waals surface area contributed by atoms with Gasteiger partial charge in [-0.1, -0.05) is 24.3 Å². The summed E-state index contributed by atoms with van der Waals surface area (Å²) >= 11 is 0. The molecule has 0 aliphatic heterocycles. The molecule has 0 aliphatic carbocycles. The number of carbonyl (C=O) groups is 1. The molecule has 24 heavy (non-hydrogen) atoms. The van der Waals surface area contributed by atoms with Crippen molar-refractivity contribution in [1.82, 2.24) is 14.9 Å². The van der Waals surface area contributed by atoms with Crippen molar-refractivity contribution in [2.24, 2.45) is 0 Å². The van der Waals surface area contributed by atoms with E-state index in [-0.39, 0.29) is 18.0 Å². The van der Waals surface area contributed by atoms with Crippen LogP contribution in [0.5, 0.6) is 0 Å². The van der Waals surface area contributed by atoms with Gasteiger partial charge in [0.25, 0.3) is 11.5 Å². The summed E-state index contributed by atoms with van der Waals surface area (Å²) in [6.07, 6.45) is 0. The van der Waals surface area contributed by atoms with E-state index in [9.17, 15) is 9.59 Å². The average molecular weight is 321 g/mol. The summed E-state index contributed by atoms with van der Waals surface area (Å²) in [6, 6.07) is 12.8. The summed E-state index contributed by atoms with van der Waals surface area (Å²) in [5.74, 6) is 0.381. The molecular weight excluding hydrogens is 302 g/mol. The second-order valence-corrected chi connectivity index (χ2v) is 5.94. The maximum absolute atomic E-state index is 12.7. The van der Waals surface area contributed by atoms with Gasteiger partial charge in [0.1, 0.15) is 5.82 Å². The summed E-state index contributed by atoms with van der Waals surface area (Å²) in [7, 11) is 1.71. The van der Waals surface area contributed by atoms with Crippen LogP contribution in [-0.2, 0) is 6.54 Å². The summed E-state index contributed by atoms with van der Waals surface area (Å²) in [5.41, 5.74) is 3.15. The van der Waals surface area contributed by atoms with E-state index < -0.39 is 0 Å².